The molecule has 6 rings (SSSR count). The van der Waals surface area contributed by atoms with Crippen LogP contribution in [0.25, 0.3) is 0 Å². The molecule has 0 radical (unpaired) electrons. The molecule has 0 fully saturated rings. The number of benzene rings is 6. The Kier molecular flexibility index (Phi) is 33.6. The van der Waals surface area contributed by atoms with E-state index in [1.807, 2.05) is 95.2 Å². The molecule has 0 aliphatic heterocycles. The van der Waals surface area contributed by atoms with Crippen molar-refractivity contribution in [2.45, 2.75) is 203 Å². The molecule has 0 spiro atoms. The highest BCUT2D eigenvalue weighted by Gasteiger charge is 2.81. The van der Waals surface area contributed by atoms with Crippen LogP contribution in [-0.4, -0.2) is 85.6 Å². The van der Waals surface area contributed by atoms with Crippen LogP contribution < -0.4 is 18.4 Å². The number of carbonyl (C=O) groups is 4. The van der Waals surface area contributed by atoms with Gasteiger partial charge in [-0.1, -0.05) is 127 Å². The summed E-state index contributed by atoms with van der Waals surface area (Å²) in [5, 5.41) is -4.80. The van der Waals surface area contributed by atoms with Gasteiger partial charge in [-0.05, 0) is 204 Å². The molecule has 0 aliphatic rings. The smallest absolute Gasteiger partial charge is 0.450 e. The van der Waals surface area contributed by atoms with E-state index < -0.39 is 64.6 Å². The van der Waals surface area contributed by atoms with Crippen LogP contribution >= 0.6 is 0 Å². The fraction of sp³-hybridized carbons (Fsp3) is 0.459. The first-order valence-electron chi connectivity index (χ1n) is 32.5. The zero-order valence-electron chi connectivity index (χ0n) is 58.3. The van der Waals surface area contributed by atoms with Crippen LogP contribution in [-0.2, 0) is 55.0 Å². The molecule has 0 unspecified atom stereocenters. The lowest BCUT2D eigenvalue weighted by Crippen LogP contribution is -2.61. The minimum Gasteiger partial charge on any atom is -0.743 e. The summed E-state index contributed by atoms with van der Waals surface area (Å²) in [7, 11) is -14.4. The van der Waals surface area contributed by atoms with Crippen molar-refractivity contribution in [3.63, 3.8) is 0 Å². The van der Waals surface area contributed by atoms with Crippen molar-refractivity contribution in [1.29, 1.82) is 0 Å². The number of phenolic OH excluding ortho intramolecular Hbond substituents is 1. The maximum atomic E-state index is 13.9. The Hall–Kier alpha value is -7.61. The highest BCUT2D eigenvalue weighted by atomic mass is 32.2. The second-order valence-corrected chi connectivity index (χ2v) is 30.9. The first-order chi connectivity index (χ1) is 46.1. The van der Waals surface area contributed by atoms with E-state index in [0.29, 0.717) is 36.7 Å². The lowest BCUT2D eigenvalue weighted by molar-refractivity contribution is -0.247. The molecule has 6 aromatic carbocycles. The summed E-state index contributed by atoms with van der Waals surface area (Å²) >= 11 is 0. The van der Waals surface area contributed by atoms with Crippen molar-refractivity contribution in [3.8, 4) is 28.7 Å². The number of aromatic hydroxyl groups is 1. The molecule has 0 aromatic heterocycles. The summed E-state index contributed by atoms with van der Waals surface area (Å²) in [6.07, 6.45) is 11.4. The average molecular weight is 1450 g/mol. The number of esters is 4. The van der Waals surface area contributed by atoms with Crippen LogP contribution in [0.4, 0.5) is 26.3 Å². The third kappa shape index (κ3) is 27.5. The molecule has 6 aromatic rings. The maximum absolute atomic E-state index is 13.9. The molecule has 546 valence electrons. The predicted octanol–water partition coefficient (Wildman–Crippen LogP) is 18.5. The SMILES string of the molecule is CCC(C)(C)C(=O)OCCCCCCCCCCCCOC(=O)c1ccc(OS(=O)(=O)C(F)(F)C(F)(F)C(F)(F)S(=O)(=O)[O-])cc1.CCC(C)(C)C(=O)Oc1ccc(O)cc1.CCC(C)(C)C(=O)Oc1ccc(OC(C)(C)C)cc1.c1ccc([S+](c2ccccc2)c2ccccc2)cc1. The molecule has 0 saturated heterocycles. The molecular formula is C74H94F6O16S3. The molecule has 0 atom stereocenters. The third-order valence-electron chi connectivity index (χ3n) is 15.4. The van der Waals surface area contributed by atoms with Gasteiger partial charge in [0.15, 0.2) is 24.8 Å². The third-order valence-corrected chi connectivity index (χ3v) is 19.8. The number of alkyl halides is 6. The fourth-order valence-electron chi connectivity index (χ4n) is 7.98. The van der Waals surface area contributed by atoms with Gasteiger partial charge in [0.1, 0.15) is 34.3 Å². The van der Waals surface area contributed by atoms with Gasteiger partial charge in [-0.2, -0.15) is 34.8 Å². The van der Waals surface area contributed by atoms with Crippen LogP contribution in [0.3, 0.4) is 0 Å². The van der Waals surface area contributed by atoms with Crippen LogP contribution in [0.15, 0.2) is 178 Å². The number of unbranched alkanes of at least 4 members (excludes halogenated alkanes) is 9. The van der Waals surface area contributed by atoms with Crippen molar-refractivity contribution >= 4 is 55.0 Å². The van der Waals surface area contributed by atoms with E-state index in [1.165, 1.54) is 26.8 Å². The molecule has 0 heterocycles. The summed E-state index contributed by atoms with van der Waals surface area (Å²) in [6, 6.07) is 48.2. The number of phenols is 1. The Morgan fingerprint density at radius 3 is 1.10 bits per heavy atom. The van der Waals surface area contributed by atoms with Crippen LogP contribution in [0.2, 0.25) is 0 Å². The molecule has 0 aliphatic carbocycles. The zero-order chi connectivity index (χ0) is 74.5. The van der Waals surface area contributed by atoms with Gasteiger partial charge >= 0.3 is 50.4 Å². The monoisotopic (exact) mass is 1450 g/mol. The summed E-state index contributed by atoms with van der Waals surface area (Å²) in [4.78, 5) is 51.7. The average Bonchev–Trinajstić information content (AvgIpc) is 0.724. The van der Waals surface area contributed by atoms with Crippen LogP contribution in [0.5, 0.6) is 28.7 Å². The molecule has 1 N–H and O–H groups in total. The summed E-state index contributed by atoms with van der Waals surface area (Å²) in [6.45, 7) is 23.5. The van der Waals surface area contributed by atoms with Crippen LogP contribution in [0.1, 0.15) is 177 Å². The minimum atomic E-state index is -7.41. The number of hydrogen-bond donors (Lipinski definition) is 1. The highest BCUT2D eigenvalue weighted by molar-refractivity contribution is 7.97. The fourth-order valence-corrected chi connectivity index (χ4v) is 11.5. The van der Waals surface area contributed by atoms with Gasteiger partial charge in [-0.3, -0.25) is 14.4 Å². The predicted molar refractivity (Wildman–Crippen MR) is 368 cm³/mol. The van der Waals surface area contributed by atoms with E-state index in [1.54, 1.807) is 24.3 Å². The van der Waals surface area contributed by atoms with Gasteiger partial charge in [0.2, 0.25) is 0 Å². The second-order valence-electron chi connectivity index (χ2n) is 25.8. The topological polar surface area (TPSA) is 235 Å². The van der Waals surface area contributed by atoms with Crippen molar-refractivity contribution in [1.82, 2.24) is 0 Å². The van der Waals surface area contributed by atoms with Gasteiger partial charge in [0.25, 0.3) is 0 Å². The van der Waals surface area contributed by atoms with E-state index in [4.69, 9.17) is 28.8 Å². The van der Waals surface area contributed by atoms with E-state index in [0.717, 1.165) is 94.9 Å². The first-order valence-corrected chi connectivity index (χ1v) is 36.5. The van der Waals surface area contributed by atoms with Crippen molar-refractivity contribution in [2.75, 3.05) is 13.2 Å². The number of hydrogen-bond acceptors (Lipinski definition) is 16. The molecule has 25 heteroatoms. The van der Waals surface area contributed by atoms with E-state index in [2.05, 4.69) is 95.2 Å². The Labute approximate surface area is 582 Å². The lowest BCUT2D eigenvalue weighted by atomic mass is 9.91. The van der Waals surface area contributed by atoms with Gasteiger partial charge in [-0.25, -0.2) is 13.2 Å². The molecular weight excluding hydrogens is 1350 g/mol. The van der Waals surface area contributed by atoms with Crippen molar-refractivity contribution in [3.05, 3.63) is 169 Å². The van der Waals surface area contributed by atoms with E-state index in [9.17, 15) is 66.9 Å². The van der Waals surface area contributed by atoms with E-state index >= 15 is 0 Å². The second kappa shape index (κ2) is 38.8. The minimum absolute atomic E-state index is 0.0146. The number of ether oxygens (including phenoxy) is 5. The Balaban J connectivity index is 0.000000390. The molecule has 0 bridgehead atoms. The molecule has 99 heavy (non-hydrogen) atoms. The summed E-state index contributed by atoms with van der Waals surface area (Å²) < 4.78 is 166. The molecule has 0 saturated carbocycles. The number of carbonyl (C=O) groups excluding carboxylic acids is 4. The first kappa shape index (κ1) is 85.6. The number of halogens is 6. The Morgan fingerprint density at radius 1 is 0.424 bits per heavy atom. The number of rotatable bonds is 32. The quantitative estimate of drug-likeness (QED) is 0.00786. The van der Waals surface area contributed by atoms with Crippen molar-refractivity contribution in [2.24, 2.45) is 16.2 Å². The Morgan fingerprint density at radius 2 is 0.747 bits per heavy atom. The van der Waals surface area contributed by atoms with Gasteiger partial charge in [0.05, 0.1) is 45.9 Å². The lowest BCUT2D eigenvalue weighted by Gasteiger charge is -2.32. The van der Waals surface area contributed by atoms with E-state index in [-0.39, 0.29) is 52.3 Å². The maximum Gasteiger partial charge on any atom is 0.450 e. The zero-order valence-corrected chi connectivity index (χ0v) is 60.7. The standard InChI is InChI=1S/C28H40F6O10S2.C18H15S.C16H24O3.C12H16O3/c1-4-25(2,3)24(36)43-20-14-12-10-8-6-5-7-9-11-13-19-42-23(35)21-15-17-22(18-16-21)44-46(40,41)28(33,34)26(29,30)27(31,32)45(37,38)39;1-4-10-16(11-5-1)19(17-12-6-2-7-13-17)18-14-8-3-9-15-18;1-7-16(5,6)14(17)18-12-8-10-13(11-9-12)19-15(2,3)4;1-4-12(2,3)11(14)15-10-7-5-9(13)6-8-10/h15-18H,4-14,19-20H2,1-3H3,(H,37,38,39);1-15H;8-11H,7H2,1-6H3;5-8,13H,4H2,1-3H3/q;+1;;/p-1. The largest absolute Gasteiger partial charge is 0.743 e. The molecule has 16 nitrogen and oxygen atoms in total. The van der Waals surface area contributed by atoms with Crippen LogP contribution in [0, 0.1) is 16.2 Å². The summed E-state index contributed by atoms with van der Waals surface area (Å²) in [5.74, 6) is -7.92. The Bertz CT molecular complexity index is 3550. The molecule has 0 amide bonds. The van der Waals surface area contributed by atoms with Gasteiger partial charge in [-0.15, -0.1) is 0 Å². The normalized spacial score (nSPS) is 12.2. The van der Waals surface area contributed by atoms with Crippen molar-refractivity contribution < 1.29 is 99.9 Å². The van der Waals surface area contributed by atoms with Gasteiger partial charge in [0, 0.05) is 0 Å². The highest BCUT2D eigenvalue weighted by Crippen LogP contribution is 2.51. The summed E-state index contributed by atoms with van der Waals surface area (Å²) in [5.41, 5.74) is -1.84. The van der Waals surface area contributed by atoms with Gasteiger partial charge < -0.3 is 37.5 Å².